The number of para-hydroxylation sites is 1. The Morgan fingerprint density at radius 3 is 1.75 bits per heavy atom. The molecule has 0 unspecified atom stereocenters. The molecule has 0 spiro atoms. The lowest BCUT2D eigenvalue weighted by molar-refractivity contribution is 0.346. The van der Waals surface area contributed by atoms with Crippen molar-refractivity contribution in [2.24, 2.45) is 0 Å². The van der Waals surface area contributed by atoms with E-state index in [1.165, 1.54) is 27.6 Å². The molecule has 3 aromatic carbocycles. The molecule has 0 N–H and O–H groups in total. The van der Waals surface area contributed by atoms with E-state index in [0.717, 1.165) is 17.6 Å². The lowest BCUT2D eigenvalue weighted by atomic mass is 10.0. The second-order valence-electron chi connectivity index (χ2n) is 6.02. The monoisotopic (exact) mass is 260 g/mol. The van der Waals surface area contributed by atoms with Crippen molar-refractivity contribution in [2.75, 3.05) is 7.05 Å². The van der Waals surface area contributed by atoms with Crippen LogP contribution in [-0.4, -0.2) is 7.05 Å². The lowest BCUT2D eigenvalue weighted by Crippen LogP contribution is -2.38. The SMILES string of the molecule is C[N+]1(c2ccccc2)Cc2cc3ccccc3cc2C1. The van der Waals surface area contributed by atoms with Gasteiger partial charge in [0.05, 0.1) is 7.05 Å². The number of rotatable bonds is 1. The first-order chi connectivity index (χ1) is 9.74. The smallest absolute Gasteiger partial charge is 0.133 e. The molecule has 1 heterocycles. The summed E-state index contributed by atoms with van der Waals surface area (Å²) in [5.41, 5.74) is 4.39. The minimum Gasteiger partial charge on any atom is -0.286 e. The fourth-order valence-electron chi connectivity index (χ4n) is 3.41. The molecule has 1 aliphatic heterocycles. The highest BCUT2D eigenvalue weighted by atomic mass is 15.3. The Kier molecular flexibility index (Phi) is 2.45. The van der Waals surface area contributed by atoms with E-state index in [0.29, 0.717) is 0 Å². The van der Waals surface area contributed by atoms with Gasteiger partial charge in [-0.25, -0.2) is 0 Å². The molecule has 0 saturated heterocycles. The van der Waals surface area contributed by atoms with Crippen LogP contribution in [-0.2, 0) is 13.1 Å². The minimum atomic E-state index is 0.979. The summed E-state index contributed by atoms with van der Waals surface area (Å²) in [6.07, 6.45) is 0. The van der Waals surface area contributed by atoms with Crippen LogP contribution in [0.1, 0.15) is 11.1 Å². The van der Waals surface area contributed by atoms with Gasteiger partial charge in [-0.15, -0.1) is 0 Å². The van der Waals surface area contributed by atoms with E-state index < -0.39 is 0 Å². The van der Waals surface area contributed by atoms with E-state index in [1.807, 2.05) is 0 Å². The largest absolute Gasteiger partial charge is 0.286 e. The van der Waals surface area contributed by atoms with Crippen molar-refractivity contribution in [3.05, 3.63) is 77.9 Å². The van der Waals surface area contributed by atoms with Crippen LogP contribution in [0.3, 0.4) is 0 Å². The summed E-state index contributed by atoms with van der Waals surface area (Å²) in [7, 11) is 2.33. The quantitative estimate of drug-likeness (QED) is 0.565. The van der Waals surface area contributed by atoms with Gasteiger partial charge in [-0.1, -0.05) is 42.5 Å². The van der Waals surface area contributed by atoms with Crippen LogP contribution in [0.2, 0.25) is 0 Å². The van der Waals surface area contributed by atoms with Crippen LogP contribution in [0.5, 0.6) is 0 Å². The summed E-state index contributed by atoms with van der Waals surface area (Å²) in [5.74, 6) is 0. The maximum Gasteiger partial charge on any atom is 0.133 e. The molecule has 0 atom stereocenters. The highest BCUT2D eigenvalue weighted by Crippen LogP contribution is 2.35. The maximum atomic E-state index is 2.37. The van der Waals surface area contributed by atoms with Gasteiger partial charge in [0.25, 0.3) is 0 Å². The Hall–Kier alpha value is -2.12. The number of hydrogen-bond acceptors (Lipinski definition) is 0. The molecule has 3 aromatic rings. The Bertz CT molecular complexity index is 730. The summed E-state index contributed by atoms with van der Waals surface area (Å²) in [5, 5.41) is 2.71. The van der Waals surface area contributed by atoms with Gasteiger partial charge in [0.1, 0.15) is 18.8 Å². The minimum absolute atomic E-state index is 0.979. The van der Waals surface area contributed by atoms with Crippen LogP contribution in [0, 0.1) is 0 Å². The zero-order valence-electron chi connectivity index (χ0n) is 11.7. The normalized spacial score (nSPS) is 16.2. The van der Waals surface area contributed by atoms with E-state index >= 15 is 0 Å². The molecule has 1 heteroatoms. The van der Waals surface area contributed by atoms with Gasteiger partial charge in [0.15, 0.2) is 0 Å². The third-order valence-corrected chi connectivity index (χ3v) is 4.49. The predicted molar refractivity (Wildman–Crippen MR) is 85.5 cm³/mol. The van der Waals surface area contributed by atoms with Crippen LogP contribution in [0.15, 0.2) is 66.7 Å². The van der Waals surface area contributed by atoms with E-state index in [4.69, 9.17) is 0 Å². The zero-order valence-corrected chi connectivity index (χ0v) is 11.7. The van der Waals surface area contributed by atoms with Crippen LogP contribution in [0.4, 0.5) is 5.69 Å². The van der Waals surface area contributed by atoms with E-state index in [1.54, 1.807) is 0 Å². The number of hydrogen-bond donors (Lipinski definition) is 0. The molecule has 0 aliphatic carbocycles. The van der Waals surface area contributed by atoms with Crippen molar-refractivity contribution < 1.29 is 0 Å². The Morgan fingerprint density at radius 2 is 1.20 bits per heavy atom. The summed E-state index contributed by atoms with van der Waals surface area (Å²) in [6.45, 7) is 2.17. The molecule has 98 valence electrons. The van der Waals surface area contributed by atoms with Gasteiger partial charge in [0, 0.05) is 11.1 Å². The number of nitrogens with zero attached hydrogens (tertiary/aromatic N) is 1. The van der Waals surface area contributed by atoms with Crippen molar-refractivity contribution in [1.29, 1.82) is 0 Å². The lowest BCUT2D eigenvalue weighted by Gasteiger charge is -2.28. The molecule has 0 bridgehead atoms. The van der Waals surface area contributed by atoms with Crippen LogP contribution in [0.25, 0.3) is 10.8 Å². The number of benzene rings is 3. The Balaban J connectivity index is 1.82. The number of fused-ring (bicyclic) bond motifs is 2. The molecule has 1 nitrogen and oxygen atoms in total. The van der Waals surface area contributed by atoms with E-state index in [-0.39, 0.29) is 0 Å². The summed E-state index contributed by atoms with van der Waals surface area (Å²) in [4.78, 5) is 0. The van der Waals surface area contributed by atoms with Crippen LogP contribution < -0.4 is 4.48 Å². The molecule has 20 heavy (non-hydrogen) atoms. The molecule has 4 rings (SSSR count). The van der Waals surface area contributed by atoms with Crippen molar-refractivity contribution in [3.8, 4) is 0 Å². The molecule has 0 aromatic heterocycles. The highest BCUT2D eigenvalue weighted by Gasteiger charge is 2.33. The van der Waals surface area contributed by atoms with Gasteiger partial charge in [-0.2, -0.15) is 0 Å². The van der Waals surface area contributed by atoms with Crippen molar-refractivity contribution >= 4 is 16.5 Å². The van der Waals surface area contributed by atoms with E-state index in [9.17, 15) is 0 Å². The van der Waals surface area contributed by atoms with Gasteiger partial charge >= 0.3 is 0 Å². The molecule has 0 amide bonds. The van der Waals surface area contributed by atoms with Gasteiger partial charge in [-0.3, -0.25) is 4.48 Å². The first kappa shape index (κ1) is 11.7. The van der Waals surface area contributed by atoms with Gasteiger partial charge in [-0.05, 0) is 35.0 Å². The summed E-state index contributed by atoms with van der Waals surface area (Å²) in [6, 6.07) is 24.3. The van der Waals surface area contributed by atoms with Gasteiger partial charge in [0.2, 0.25) is 0 Å². The second-order valence-corrected chi connectivity index (χ2v) is 6.02. The molecular formula is C19H18N+. The maximum absolute atomic E-state index is 2.37. The fourth-order valence-corrected chi connectivity index (χ4v) is 3.41. The van der Waals surface area contributed by atoms with Crippen molar-refractivity contribution in [2.45, 2.75) is 13.1 Å². The Morgan fingerprint density at radius 1 is 0.700 bits per heavy atom. The fraction of sp³-hybridized carbons (Fsp3) is 0.158. The predicted octanol–water partition coefficient (Wildman–Crippen LogP) is 4.49. The average Bonchev–Trinajstić information content (AvgIpc) is 2.82. The number of quaternary nitrogens is 1. The molecule has 0 fully saturated rings. The highest BCUT2D eigenvalue weighted by molar-refractivity contribution is 5.84. The van der Waals surface area contributed by atoms with Crippen molar-refractivity contribution in [1.82, 2.24) is 4.48 Å². The third-order valence-electron chi connectivity index (χ3n) is 4.49. The first-order valence-electron chi connectivity index (χ1n) is 7.15. The summed E-state index contributed by atoms with van der Waals surface area (Å²) >= 11 is 0. The average molecular weight is 260 g/mol. The molecule has 0 radical (unpaired) electrons. The van der Waals surface area contributed by atoms with E-state index in [2.05, 4.69) is 73.8 Å². The standard InChI is InChI=1S/C19H18N/c1-20(19-9-3-2-4-10-19)13-17-11-15-7-5-6-8-16(15)12-18(17)14-20/h2-12H,13-14H2,1H3/q+1. The molecule has 0 saturated carbocycles. The second kappa shape index (κ2) is 4.19. The van der Waals surface area contributed by atoms with Crippen molar-refractivity contribution in [3.63, 3.8) is 0 Å². The molecule has 1 aliphatic rings. The zero-order chi connectivity index (χ0) is 13.6. The van der Waals surface area contributed by atoms with Gasteiger partial charge < -0.3 is 0 Å². The van der Waals surface area contributed by atoms with Crippen LogP contribution >= 0.6 is 0 Å². The topological polar surface area (TPSA) is 0 Å². The Labute approximate surface area is 119 Å². The first-order valence-corrected chi connectivity index (χ1v) is 7.15. The summed E-state index contributed by atoms with van der Waals surface area (Å²) < 4.78 is 0.979. The third kappa shape index (κ3) is 1.75. The molecular weight excluding hydrogens is 242 g/mol.